The molecule has 0 radical (unpaired) electrons. The zero-order chi connectivity index (χ0) is 19.9. The van der Waals surface area contributed by atoms with Crippen molar-refractivity contribution in [2.75, 3.05) is 26.2 Å². The van der Waals surface area contributed by atoms with Gasteiger partial charge in [-0.1, -0.05) is 0 Å². The van der Waals surface area contributed by atoms with Crippen LogP contribution in [0.5, 0.6) is 0 Å². The maximum atomic E-state index is 12.3. The normalized spacial score (nSPS) is 17.7. The van der Waals surface area contributed by atoms with Crippen LogP contribution in [0.3, 0.4) is 0 Å². The first-order valence-electron chi connectivity index (χ1n) is 9.75. The van der Waals surface area contributed by atoms with Crippen molar-refractivity contribution in [3.63, 3.8) is 0 Å². The van der Waals surface area contributed by atoms with Gasteiger partial charge in [0, 0.05) is 39.4 Å². The minimum atomic E-state index is -0.459. The van der Waals surface area contributed by atoms with E-state index in [-0.39, 0.29) is 30.1 Å². The number of piperidine rings is 1. The Kier molecular flexibility index (Phi) is 10.0. The maximum absolute atomic E-state index is 12.3. The molecule has 8 nitrogen and oxygen atoms in total. The Morgan fingerprint density at radius 2 is 2.14 bits per heavy atom. The number of hydrogen-bond donors (Lipinski definition) is 2. The van der Waals surface area contributed by atoms with Crippen molar-refractivity contribution in [3.8, 4) is 0 Å². The number of aryl methyl sites for hydroxylation is 1. The fourth-order valence-electron chi connectivity index (χ4n) is 3.02. The lowest BCUT2D eigenvalue weighted by Gasteiger charge is -2.34. The number of aliphatic imine (C=N–C) groups is 1. The van der Waals surface area contributed by atoms with Crippen molar-refractivity contribution in [1.29, 1.82) is 0 Å². The molecular formula is C19H35IN6O2. The van der Waals surface area contributed by atoms with Gasteiger partial charge in [-0.2, -0.15) is 5.10 Å². The zero-order valence-electron chi connectivity index (χ0n) is 17.7. The van der Waals surface area contributed by atoms with E-state index < -0.39 is 5.60 Å². The highest BCUT2D eigenvalue weighted by atomic mass is 127. The van der Waals surface area contributed by atoms with Crippen LogP contribution in [0.25, 0.3) is 0 Å². The molecule has 2 N–H and O–H groups in total. The van der Waals surface area contributed by atoms with E-state index in [2.05, 4.69) is 20.7 Å². The van der Waals surface area contributed by atoms with Crippen LogP contribution >= 0.6 is 24.0 Å². The molecule has 1 saturated heterocycles. The Labute approximate surface area is 185 Å². The Hall–Kier alpha value is -1.52. The average molecular weight is 506 g/mol. The van der Waals surface area contributed by atoms with Crippen LogP contribution in [0.2, 0.25) is 0 Å². The van der Waals surface area contributed by atoms with Crippen molar-refractivity contribution >= 4 is 36.0 Å². The van der Waals surface area contributed by atoms with Gasteiger partial charge in [0.05, 0.1) is 12.2 Å². The zero-order valence-corrected chi connectivity index (χ0v) is 20.0. The molecule has 28 heavy (non-hydrogen) atoms. The fraction of sp³-hybridized carbons (Fsp3) is 0.737. The molecule has 1 aromatic rings. The molecule has 0 bridgehead atoms. The third kappa shape index (κ3) is 8.24. The average Bonchev–Trinajstić information content (AvgIpc) is 3.01. The molecule has 1 atom stereocenters. The van der Waals surface area contributed by atoms with Gasteiger partial charge in [-0.15, -0.1) is 24.0 Å². The topological polar surface area (TPSA) is 83.8 Å². The van der Waals surface area contributed by atoms with Gasteiger partial charge in [0.15, 0.2) is 5.96 Å². The van der Waals surface area contributed by atoms with Crippen molar-refractivity contribution < 1.29 is 9.53 Å². The van der Waals surface area contributed by atoms with Gasteiger partial charge < -0.3 is 20.3 Å². The van der Waals surface area contributed by atoms with E-state index in [0.717, 1.165) is 44.1 Å². The molecule has 1 aliphatic rings. The summed E-state index contributed by atoms with van der Waals surface area (Å²) in [5.74, 6) is 1.17. The highest BCUT2D eigenvalue weighted by Crippen LogP contribution is 2.18. The van der Waals surface area contributed by atoms with Gasteiger partial charge in [0.1, 0.15) is 5.60 Å². The molecule has 0 saturated carbocycles. The molecule has 160 valence electrons. The number of halogens is 1. The lowest BCUT2D eigenvalue weighted by atomic mass is 9.98. The van der Waals surface area contributed by atoms with E-state index >= 15 is 0 Å². The van der Waals surface area contributed by atoms with Gasteiger partial charge >= 0.3 is 6.09 Å². The van der Waals surface area contributed by atoms with Crippen LogP contribution in [0, 0.1) is 5.92 Å². The molecule has 0 aliphatic carbocycles. The molecule has 1 fully saturated rings. The summed E-state index contributed by atoms with van der Waals surface area (Å²) in [4.78, 5) is 18.8. The maximum Gasteiger partial charge on any atom is 0.410 e. The standard InChI is InChI=1S/C19H34N6O2.HI/c1-6-20-17(22-13-16-9-10-23-24(16)5)21-12-15-8-7-11-25(14-15)18(26)27-19(2,3)4;/h9-10,15H,6-8,11-14H2,1-5H3,(H2,20,21,22);1H. The molecule has 2 heterocycles. The van der Waals surface area contributed by atoms with Gasteiger partial charge in [-0.05, 0) is 52.5 Å². The predicted molar refractivity (Wildman–Crippen MR) is 122 cm³/mol. The number of amides is 1. The van der Waals surface area contributed by atoms with Crippen LogP contribution in [-0.2, 0) is 18.3 Å². The number of rotatable bonds is 5. The third-order valence-electron chi connectivity index (χ3n) is 4.39. The number of likely N-dealkylation sites (tertiary alicyclic amines) is 1. The number of carbonyl (C=O) groups excluding carboxylic acids is 1. The summed E-state index contributed by atoms with van der Waals surface area (Å²) in [6.07, 6.45) is 3.64. The van der Waals surface area contributed by atoms with Crippen LogP contribution in [0.15, 0.2) is 17.3 Å². The SMILES string of the molecule is CCNC(=NCc1ccnn1C)NCC1CCCN(C(=O)OC(C)(C)C)C1.I. The molecule has 2 rings (SSSR count). The van der Waals surface area contributed by atoms with Gasteiger partial charge in [-0.3, -0.25) is 4.68 Å². The molecule has 1 amide bonds. The van der Waals surface area contributed by atoms with Crippen LogP contribution in [-0.4, -0.2) is 58.5 Å². The summed E-state index contributed by atoms with van der Waals surface area (Å²) in [5.41, 5.74) is 0.597. The molecule has 0 aromatic carbocycles. The quantitative estimate of drug-likeness (QED) is 0.365. The minimum Gasteiger partial charge on any atom is -0.444 e. The van der Waals surface area contributed by atoms with Crippen molar-refractivity contribution in [2.45, 2.75) is 52.7 Å². The Balaban J connectivity index is 0.00000392. The fourth-order valence-corrected chi connectivity index (χ4v) is 3.02. The molecule has 0 spiro atoms. The highest BCUT2D eigenvalue weighted by Gasteiger charge is 2.27. The van der Waals surface area contributed by atoms with Crippen molar-refractivity contribution in [3.05, 3.63) is 18.0 Å². The number of nitrogens with zero attached hydrogens (tertiary/aromatic N) is 4. The van der Waals surface area contributed by atoms with E-state index in [1.54, 1.807) is 6.20 Å². The first-order valence-corrected chi connectivity index (χ1v) is 9.75. The van der Waals surface area contributed by atoms with E-state index in [9.17, 15) is 4.79 Å². The van der Waals surface area contributed by atoms with Crippen LogP contribution in [0.1, 0.15) is 46.2 Å². The number of nitrogens with one attached hydrogen (secondary N) is 2. The highest BCUT2D eigenvalue weighted by molar-refractivity contribution is 14.0. The monoisotopic (exact) mass is 506 g/mol. The summed E-state index contributed by atoms with van der Waals surface area (Å²) in [6.45, 7) is 11.4. The Morgan fingerprint density at radius 3 is 2.75 bits per heavy atom. The summed E-state index contributed by atoms with van der Waals surface area (Å²) in [7, 11) is 1.92. The second-order valence-corrected chi connectivity index (χ2v) is 7.96. The van der Waals surface area contributed by atoms with Crippen molar-refractivity contribution in [2.24, 2.45) is 18.0 Å². The Morgan fingerprint density at radius 1 is 1.39 bits per heavy atom. The van der Waals surface area contributed by atoms with E-state index in [1.165, 1.54) is 0 Å². The van der Waals surface area contributed by atoms with Crippen LogP contribution in [0.4, 0.5) is 4.79 Å². The second kappa shape index (κ2) is 11.5. The lowest BCUT2D eigenvalue weighted by molar-refractivity contribution is 0.0168. The van der Waals surface area contributed by atoms with Gasteiger partial charge in [0.25, 0.3) is 0 Å². The number of carbonyl (C=O) groups is 1. The van der Waals surface area contributed by atoms with Crippen LogP contribution < -0.4 is 10.6 Å². The van der Waals surface area contributed by atoms with Gasteiger partial charge in [0.2, 0.25) is 0 Å². The summed E-state index contributed by atoms with van der Waals surface area (Å²) < 4.78 is 7.33. The first-order chi connectivity index (χ1) is 12.8. The Bertz CT molecular complexity index is 641. The molecule has 1 unspecified atom stereocenters. The summed E-state index contributed by atoms with van der Waals surface area (Å²) in [6, 6.07) is 1.97. The molecule has 1 aliphatic heterocycles. The third-order valence-corrected chi connectivity index (χ3v) is 4.39. The van der Waals surface area contributed by atoms with E-state index in [4.69, 9.17) is 4.74 Å². The predicted octanol–water partition coefficient (Wildman–Crippen LogP) is 2.74. The number of ether oxygens (including phenoxy) is 1. The smallest absolute Gasteiger partial charge is 0.410 e. The minimum absolute atomic E-state index is 0. The second-order valence-electron chi connectivity index (χ2n) is 7.96. The van der Waals surface area contributed by atoms with Crippen molar-refractivity contribution in [1.82, 2.24) is 25.3 Å². The molecule has 1 aromatic heterocycles. The summed E-state index contributed by atoms with van der Waals surface area (Å²) >= 11 is 0. The van der Waals surface area contributed by atoms with E-state index in [1.807, 2.05) is 50.4 Å². The number of hydrogen-bond acceptors (Lipinski definition) is 4. The number of aromatic nitrogens is 2. The number of guanidine groups is 1. The first kappa shape index (κ1) is 24.5. The van der Waals surface area contributed by atoms with E-state index in [0.29, 0.717) is 19.0 Å². The molecular weight excluding hydrogens is 471 g/mol. The summed E-state index contributed by atoms with van der Waals surface area (Å²) in [5, 5.41) is 10.9. The lowest BCUT2D eigenvalue weighted by Crippen LogP contribution is -2.47. The molecule has 9 heteroatoms. The van der Waals surface area contributed by atoms with Gasteiger partial charge in [-0.25, -0.2) is 9.79 Å². The largest absolute Gasteiger partial charge is 0.444 e.